The fourth-order valence-electron chi connectivity index (χ4n) is 4.09. The van der Waals surface area contributed by atoms with Crippen molar-refractivity contribution in [2.24, 2.45) is 0 Å². The van der Waals surface area contributed by atoms with Crippen molar-refractivity contribution in [3.63, 3.8) is 0 Å². The van der Waals surface area contributed by atoms with Gasteiger partial charge in [0.05, 0.1) is 17.4 Å². The van der Waals surface area contributed by atoms with E-state index in [-0.39, 0.29) is 0 Å². The molecule has 0 aliphatic rings. The Kier molecular flexibility index (Phi) is 12.0. The summed E-state index contributed by atoms with van der Waals surface area (Å²) in [7, 11) is 0. The lowest BCUT2D eigenvalue weighted by Crippen LogP contribution is -1.88. The van der Waals surface area contributed by atoms with Crippen LogP contribution >= 0.6 is 0 Å². The van der Waals surface area contributed by atoms with Gasteiger partial charge in [0.25, 0.3) is 0 Å². The third-order valence-corrected chi connectivity index (χ3v) is 5.83. The molecule has 0 atom stereocenters. The Labute approximate surface area is 167 Å². The minimum atomic E-state index is 1.17. The standard InChI is InChI=1S/C25H42N2/c1-2-3-4-5-6-7-8-9-10-11-12-13-14-15-16-17-19-23-20-18-21-24-25(23)27-22-26-24/h18,20-22H,2-17,19H2,1H3,(H,26,27). The summed E-state index contributed by atoms with van der Waals surface area (Å²) in [6, 6.07) is 6.48. The fraction of sp³-hybridized carbons (Fsp3) is 0.720. The van der Waals surface area contributed by atoms with E-state index in [9.17, 15) is 0 Å². The molecule has 2 heteroatoms. The molecule has 0 saturated carbocycles. The number of aryl methyl sites for hydroxylation is 1. The monoisotopic (exact) mass is 370 g/mol. The van der Waals surface area contributed by atoms with E-state index in [4.69, 9.17) is 0 Å². The van der Waals surface area contributed by atoms with Crippen molar-refractivity contribution in [1.82, 2.24) is 9.97 Å². The van der Waals surface area contributed by atoms with E-state index in [1.807, 2.05) is 6.33 Å². The Morgan fingerprint density at radius 1 is 0.667 bits per heavy atom. The van der Waals surface area contributed by atoms with Crippen molar-refractivity contribution in [1.29, 1.82) is 0 Å². The Morgan fingerprint density at radius 3 is 1.74 bits per heavy atom. The number of H-pyrrole nitrogens is 1. The second-order valence-electron chi connectivity index (χ2n) is 8.27. The number of imidazole rings is 1. The van der Waals surface area contributed by atoms with Gasteiger partial charge in [-0.1, -0.05) is 115 Å². The molecule has 2 rings (SSSR count). The molecule has 1 N–H and O–H groups in total. The maximum atomic E-state index is 4.46. The summed E-state index contributed by atoms with van der Waals surface area (Å²) in [6.07, 6.45) is 25.8. The first-order valence-corrected chi connectivity index (χ1v) is 11.8. The molecule has 0 spiro atoms. The number of aromatic nitrogens is 2. The van der Waals surface area contributed by atoms with Crippen LogP contribution in [0.4, 0.5) is 0 Å². The first-order valence-electron chi connectivity index (χ1n) is 11.8. The van der Waals surface area contributed by atoms with Crippen molar-refractivity contribution in [3.8, 4) is 0 Å². The van der Waals surface area contributed by atoms with Crippen molar-refractivity contribution < 1.29 is 0 Å². The quantitative estimate of drug-likeness (QED) is 0.278. The van der Waals surface area contributed by atoms with Crippen molar-refractivity contribution in [3.05, 3.63) is 30.1 Å². The summed E-state index contributed by atoms with van der Waals surface area (Å²) >= 11 is 0. The van der Waals surface area contributed by atoms with Gasteiger partial charge in [-0.3, -0.25) is 0 Å². The summed E-state index contributed by atoms with van der Waals surface area (Å²) < 4.78 is 0. The van der Waals surface area contributed by atoms with Gasteiger partial charge in [-0.05, 0) is 24.5 Å². The van der Waals surface area contributed by atoms with Crippen LogP contribution in [0.1, 0.15) is 115 Å². The molecule has 152 valence electrons. The summed E-state index contributed by atoms with van der Waals surface area (Å²) in [5.74, 6) is 0. The van der Waals surface area contributed by atoms with Crippen molar-refractivity contribution in [2.75, 3.05) is 0 Å². The van der Waals surface area contributed by atoms with E-state index in [1.54, 1.807) is 0 Å². The zero-order chi connectivity index (χ0) is 19.0. The third-order valence-electron chi connectivity index (χ3n) is 5.83. The number of rotatable bonds is 17. The van der Waals surface area contributed by atoms with E-state index < -0.39 is 0 Å². The van der Waals surface area contributed by atoms with Crippen molar-refractivity contribution in [2.45, 2.75) is 116 Å². The topological polar surface area (TPSA) is 28.7 Å². The average Bonchev–Trinajstić information content (AvgIpc) is 3.17. The maximum Gasteiger partial charge on any atom is 0.0931 e. The van der Waals surface area contributed by atoms with Gasteiger partial charge in [0.1, 0.15) is 0 Å². The van der Waals surface area contributed by atoms with E-state index >= 15 is 0 Å². The number of benzene rings is 1. The van der Waals surface area contributed by atoms with Gasteiger partial charge in [0, 0.05) is 0 Å². The molecular weight excluding hydrogens is 328 g/mol. The van der Waals surface area contributed by atoms with Crippen LogP contribution in [-0.2, 0) is 6.42 Å². The molecule has 0 radical (unpaired) electrons. The Hall–Kier alpha value is -1.31. The third kappa shape index (κ3) is 9.44. The number of hydrogen-bond donors (Lipinski definition) is 1. The van der Waals surface area contributed by atoms with Crippen molar-refractivity contribution >= 4 is 11.0 Å². The average molecular weight is 371 g/mol. The van der Waals surface area contributed by atoms with Crippen LogP contribution in [0.3, 0.4) is 0 Å². The SMILES string of the molecule is CCCCCCCCCCCCCCCCCCc1cccc2[nH]cnc12. The number of hydrogen-bond acceptors (Lipinski definition) is 1. The second kappa shape index (κ2) is 14.7. The lowest BCUT2D eigenvalue weighted by Gasteiger charge is -2.04. The molecule has 2 nitrogen and oxygen atoms in total. The lowest BCUT2D eigenvalue weighted by atomic mass is 10.0. The van der Waals surface area contributed by atoms with Gasteiger partial charge < -0.3 is 4.98 Å². The first kappa shape index (κ1) is 22.0. The highest BCUT2D eigenvalue weighted by Crippen LogP contribution is 2.18. The molecule has 27 heavy (non-hydrogen) atoms. The molecule has 1 aromatic heterocycles. The zero-order valence-electron chi connectivity index (χ0n) is 17.8. The molecule has 0 fully saturated rings. The van der Waals surface area contributed by atoms with Gasteiger partial charge in [-0.25, -0.2) is 4.98 Å². The highest BCUT2D eigenvalue weighted by atomic mass is 14.9. The maximum absolute atomic E-state index is 4.46. The lowest BCUT2D eigenvalue weighted by molar-refractivity contribution is 0.529. The van der Waals surface area contributed by atoms with Gasteiger partial charge >= 0.3 is 0 Å². The van der Waals surface area contributed by atoms with Crippen LogP contribution in [0.15, 0.2) is 24.5 Å². The number of unbranched alkanes of at least 4 members (excludes halogenated alkanes) is 15. The summed E-state index contributed by atoms with van der Waals surface area (Å²) in [6.45, 7) is 2.29. The number of fused-ring (bicyclic) bond motifs is 1. The molecular formula is C25H42N2. The second-order valence-corrected chi connectivity index (χ2v) is 8.27. The number of para-hydroxylation sites is 1. The summed E-state index contributed by atoms with van der Waals surface area (Å²) in [5, 5.41) is 0. The molecule has 0 amide bonds. The molecule has 2 aromatic rings. The van der Waals surface area contributed by atoms with Crippen LogP contribution in [0.5, 0.6) is 0 Å². The number of nitrogens with zero attached hydrogens (tertiary/aromatic N) is 1. The fourth-order valence-corrected chi connectivity index (χ4v) is 4.09. The highest BCUT2D eigenvalue weighted by Gasteiger charge is 2.02. The van der Waals surface area contributed by atoms with E-state index in [0.717, 1.165) is 0 Å². The normalized spacial score (nSPS) is 11.4. The Balaban J connectivity index is 1.34. The number of aromatic amines is 1. The van der Waals surface area contributed by atoms with Crippen LogP contribution in [0, 0.1) is 0 Å². The number of nitrogens with one attached hydrogen (secondary N) is 1. The van der Waals surface area contributed by atoms with E-state index in [0.29, 0.717) is 0 Å². The van der Waals surface area contributed by atoms with Gasteiger partial charge in [0.2, 0.25) is 0 Å². The van der Waals surface area contributed by atoms with Gasteiger partial charge in [0.15, 0.2) is 0 Å². The van der Waals surface area contributed by atoms with Crippen LogP contribution in [0.25, 0.3) is 11.0 Å². The van der Waals surface area contributed by atoms with Gasteiger partial charge in [-0.2, -0.15) is 0 Å². The molecule has 1 heterocycles. The van der Waals surface area contributed by atoms with Crippen LogP contribution in [-0.4, -0.2) is 9.97 Å². The summed E-state index contributed by atoms with van der Waals surface area (Å²) in [5.41, 5.74) is 3.74. The van der Waals surface area contributed by atoms with E-state index in [1.165, 1.54) is 126 Å². The Bertz CT molecular complexity index is 587. The molecule has 0 unspecified atom stereocenters. The van der Waals surface area contributed by atoms with E-state index in [2.05, 4.69) is 35.1 Å². The first-order chi connectivity index (χ1) is 13.4. The molecule has 0 aliphatic heterocycles. The molecule has 0 bridgehead atoms. The minimum absolute atomic E-state index is 1.17. The molecule has 1 aromatic carbocycles. The van der Waals surface area contributed by atoms with Crippen LogP contribution in [0.2, 0.25) is 0 Å². The summed E-state index contributed by atoms with van der Waals surface area (Å²) in [4.78, 5) is 7.66. The van der Waals surface area contributed by atoms with Gasteiger partial charge in [-0.15, -0.1) is 0 Å². The predicted octanol–water partition coefficient (Wildman–Crippen LogP) is 8.37. The predicted molar refractivity (Wildman–Crippen MR) is 119 cm³/mol. The Morgan fingerprint density at radius 2 is 1.19 bits per heavy atom. The smallest absolute Gasteiger partial charge is 0.0931 e. The minimum Gasteiger partial charge on any atom is -0.345 e. The highest BCUT2D eigenvalue weighted by molar-refractivity contribution is 5.78. The zero-order valence-corrected chi connectivity index (χ0v) is 17.8. The largest absolute Gasteiger partial charge is 0.345 e. The molecule has 0 saturated heterocycles. The molecule has 0 aliphatic carbocycles. The van der Waals surface area contributed by atoms with Crippen LogP contribution < -0.4 is 0 Å².